The number of carbonyl (C=O) groups excluding carboxylic acids is 1. The predicted octanol–water partition coefficient (Wildman–Crippen LogP) is 2.66. The zero-order chi connectivity index (χ0) is 17.3. The molecule has 3 aromatic rings. The Kier molecular flexibility index (Phi) is 4.16. The minimum atomic E-state index is -0.642. The van der Waals surface area contributed by atoms with E-state index in [4.69, 9.17) is 9.15 Å². The van der Waals surface area contributed by atoms with E-state index in [1.165, 1.54) is 17.0 Å². The van der Waals surface area contributed by atoms with E-state index in [1.807, 2.05) is 0 Å². The lowest BCUT2D eigenvalue weighted by Crippen LogP contribution is -2.23. The van der Waals surface area contributed by atoms with Crippen LogP contribution in [0.4, 0.5) is 4.39 Å². The molecule has 0 aliphatic rings. The van der Waals surface area contributed by atoms with Crippen molar-refractivity contribution in [2.45, 2.75) is 20.4 Å². The summed E-state index contributed by atoms with van der Waals surface area (Å²) in [5.74, 6) is -0.800. The van der Waals surface area contributed by atoms with Crippen molar-refractivity contribution in [3.05, 3.63) is 63.7 Å². The fourth-order valence-corrected chi connectivity index (χ4v) is 2.51. The molecule has 3 rings (SSSR count). The van der Waals surface area contributed by atoms with Crippen molar-refractivity contribution in [1.82, 2.24) is 9.55 Å². The Labute approximate surface area is 136 Å². The van der Waals surface area contributed by atoms with Gasteiger partial charge in [-0.15, -0.1) is 0 Å². The van der Waals surface area contributed by atoms with Gasteiger partial charge in [0.25, 0.3) is 5.56 Å². The van der Waals surface area contributed by atoms with Crippen LogP contribution >= 0.6 is 0 Å². The molecule has 7 heteroatoms. The Morgan fingerprint density at radius 2 is 2.12 bits per heavy atom. The maximum Gasteiger partial charge on any atom is 0.342 e. The number of halogens is 1. The van der Waals surface area contributed by atoms with E-state index in [9.17, 15) is 14.0 Å². The van der Waals surface area contributed by atoms with E-state index in [0.29, 0.717) is 5.56 Å². The second-order valence-electron chi connectivity index (χ2n) is 5.20. The molecule has 2 heterocycles. The highest BCUT2D eigenvalue weighted by Crippen LogP contribution is 2.22. The molecular formula is C17H15FN2O4. The molecule has 6 nitrogen and oxygen atoms in total. The molecule has 0 amide bonds. The molecule has 1 aromatic carbocycles. The van der Waals surface area contributed by atoms with Gasteiger partial charge in [-0.3, -0.25) is 9.36 Å². The predicted molar refractivity (Wildman–Crippen MR) is 84.5 cm³/mol. The fraction of sp³-hybridized carbons (Fsp3) is 0.235. The first-order chi connectivity index (χ1) is 11.5. The van der Waals surface area contributed by atoms with Gasteiger partial charge >= 0.3 is 5.97 Å². The Hall–Kier alpha value is -2.96. The molecular weight excluding hydrogens is 315 g/mol. The molecule has 0 saturated carbocycles. The summed E-state index contributed by atoms with van der Waals surface area (Å²) in [4.78, 5) is 28.9. The van der Waals surface area contributed by atoms with Gasteiger partial charge in [0.15, 0.2) is 0 Å². The minimum Gasteiger partial charge on any atom is -0.462 e. The second-order valence-corrected chi connectivity index (χ2v) is 5.20. The number of ether oxygens (including phenoxy) is 1. The summed E-state index contributed by atoms with van der Waals surface area (Å²) in [6.07, 6.45) is 1.27. The number of furan rings is 1. The lowest BCUT2D eigenvalue weighted by atomic mass is 10.2. The van der Waals surface area contributed by atoms with Gasteiger partial charge < -0.3 is 9.15 Å². The van der Waals surface area contributed by atoms with E-state index < -0.39 is 17.3 Å². The molecule has 124 valence electrons. The molecule has 0 radical (unpaired) electrons. The first kappa shape index (κ1) is 15.9. The Bertz CT molecular complexity index is 974. The maximum absolute atomic E-state index is 13.8. The summed E-state index contributed by atoms with van der Waals surface area (Å²) < 4.78 is 25.4. The monoisotopic (exact) mass is 330 g/mol. The van der Waals surface area contributed by atoms with Gasteiger partial charge in [-0.2, -0.15) is 0 Å². The minimum absolute atomic E-state index is 0.000932. The topological polar surface area (TPSA) is 74.3 Å². The van der Waals surface area contributed by atoms with Gasteiger partial charge in [0, 0.05) is 5.56 Å². The molecule has 0 saturated heterocycles. The first-order valence-electron chi connectivity index (χ1n) is 7.42. The number of hydrogen-bond donors (Lipinski definition) is 0. The number of hydrogen-bond acceptors (Lipinski definition) is 5. The van der Waals surface area contributed by atoms with Crippen LogP contribution in [-0.4, -0.2) is 22.1 Å². The van der Waals surface area contributed by atoms with Crippen LogP contribution in [0.1, 0.15) is 28.6 Å². The summed E-state index contributed by atoms with van der Waals surface area (Å²) in [7, 11) is 0. The molecule has 0 spiro atoms. The number of benzene rings is 1. The van der Waals surface area contributed by atoms with Gasteiger partial charge in [0.2, 0.25) is 5.71 Å². The number of fused-ring (bicyclic) bond motifs is 1. The lowest BCUT2D eigenvalue weighted by Gasteiger charge is -2.06. The zero-order valence-corrected chi connectivity index (χ0v) is 13.2. The van der Waals surface area contributed by atoms with Gasteiger partial charge in [0.1, 0.15) is 28.9 Å². The summed E-state index contributed by atoms with van der Waals surface area (Å²) >= 11 is 0. The molecule has 2 aromatic heterocycles. The molecule has 0 fully saturated rings. The lowest BCUT2D eigenvalue weighted by molar-refractivity contribution is 0.0526. The number of aryl methyl sites for hydroxylation is 1. The molecule has 0 aliphatic heterocycles. The normalized spacial score (nSPS) is 11.0. The van der Waals surface area contributed by atoms with Crippen molar-refractivity contribution in [1.29, 1.82) is 0 Å². The van der Waals surface area contributed by atoms with Gasteiger partial charge in [-0.25, -0.2) is 14.2 Å². The Balaban J connectivity index is 2.14. The highest BCUT2D eigenvalue weighted by Gasteiger charge is 2.23. The van der Waals surface area contributed by atoms with Gasteiger partial charge in [-0.05, 0) is 19.9 Å². The summed E-state index contributed by atoms with van der Waals surface area (Å²) in [5.41, 5.74) is -0.0145. The number of rotatable bonds is 4. The van der Waals surface area contributed by atoms with E-state index >= 15 is 0 Å². The standard InChI is InChI=1S/C17H15FN2O4/c1-3-23-17(22)13-10(2)24-15-14(13)16(21)20(9-19-15)8-11-6-4-5-7-12(11)18/h4-7,9H,3,8H2,1-2H3. The smallest absolute Gasteiger partial charge is 0.342 e. The average molecular weight is 330 g/mol. The van der Waals surface area contributed by atoms with Crippen LogP contribution < -0.4 is 5.56 Å². The Morgan fingerprint density at radius 3 is 2.83 bits per heavy atom. The van der Waals surface area contributed by atoms with Crippen LogP contribution in [-0.2, 0) is 11.3 Å². The van der Waals surface area contributed by atoms with Crippen molar-refractivity contribution >= 4 is 17.1 Å². The van der Waals surface area contributed by atoms with Gasteiger partial charge in [-0.1, -0.05) is 18.2 Å². The van der Waals surface area contributed by atoms with Crippen molar-refractivity contribution < 1.29 is 18.3 Å². The summed E-state index contributed by atoms with van der Waals surface area (Å²) in [5, 5.41) is 0.0461. The molecule has 0 aliphatic carbocycles. The van der Waals surface area contributed by atoms with Crippen LogP contribution in [0.15, 0.2) is 39.8 Å². The SMILES string of the molecule is CCOC(=O)c1c(C)oc2ncn(Cc3ccccc3F)c(=O)c12. The molecule has 0 atom stereocenters. The van der Waals surface area contributed by atoms with E-state index in [2.05, 4.69) is 4.98 Å². The van der Waals surface area contributed by atoms with Crippen molar-refractivity contribution in [3.8, 4) is 0 Å². The number of esters is 1. The summed E-state index contributed by atoms with van der Waals surface area (Å²) in [6, 6.07) is 6.15. The highest BCUT2D eigenvalue weighted by atomic mass is 19.1. The highest BCUT2D eigenvalue weighted by molar-refractivity contribution is 6.03. The quantitative estimate of drug-likeness (QED) is 0.688. The third-order valence-corrected chi connectivity index (χ3v) is 3.63. The molecule has 24 heavy (non-hydrogen) atoms. The summed E-state index contributed by atoms with van der Waals surface area (Å²) in [6.45, 7) is 3.41. The van der Waals surface area contributed by atoms with Crippen LogP contribution in [0.2, 0.25) is 0 Å². The largest absolute Gasteiger partial charge is 0.462 e. The molecule has 0 unspecified atom stereocenters. The third-order valence-electron chi connectivity index (χ3n) is 3.63. The number of carbonyl (C=O) groups is 1. The van der Waals surface area contributed by atoms with Crippen LogP contribution in [0, 0.1) is 12.7 Å². The maximum atomic E-state index is 13.8. The fourth-order valence-electron chi connectivity index (χ4n) is 2.51. The Morgan fingerprint density at radius 1 is 1.38 bits per heavy atom. The average Bonchev–Trinajstić information content (AvgIpc) is 2.89. The molecule has 0 N–H and O–H groups in total. The van der Waals surface area contributed by atoms with E-state index in [1.54, 1.807) is 32.0 Å². The third kappa shape index (κ3) is 2.68. The van der Waals surface area contributed by atoms with Crippen LogP contribution in [0.25, 0.3) is 11.1 Å². The number of aromatic nitrogens is 2. The first-order valence-corrected chi connectivity index (χ1v) is 7.42. The second kappa shape index (κ2) is 6.27. The van der Waals surface area contributed by atoms with Crippen molar-refractivity contribution in [2.75, 3.05) is 6.61 Å². The zero-order valence-electron chi connectivity index (χ0n) is 13.2. The van der Waals surface area contributed by atoms with Crippen molar-refractivity contribution in [3.63, 3.8) is 0 Å². The van der Waals surface area contributed by atoms with Crippen LogP contribution in [0.3, 0.4) is 0 Å². The van der Waals surface area contributed by atoms with Gasteiger partial charge in [0.05, 0.1) is 13.2 Å². The van der Waals surface area contributed by atoms with E-state index in [-0.39, 0.29) is 35.6 Å². The molecule has 0 bridgehead atoms. The van der Waals surface area contributed by atoms with Crippen molar-refractivity contribution in [2.24, 2.45) is 0 Å². The van der Waals surface area contributed by atoms with Crippen LogP contribution in [0.5, 0.6) is 0 Å². The van der Waals surface area contributed by atoms with E-state index in [0.717, 1.165) is 0 Å². The number of nitrogens with zero attached hydrogens (tertiary/aromatic N) is 2.